The molecule has 8 heteroatoms. The second-order valence-corrected chi connectivity index (χ2v) is 7.08. The second-order valence-electron chi connectivity index (χ2n) is 5.92. The molecule has 1 N–H and O–H groups in total. The highest BCUT2D eigenvalue weighted by Crippen LogP contribution is 2.34. The highest BCUT2D eigenvalue weighted by Gasteiger charge is 2.13. The Hall–Kier alpha value is -2.49. The Morgan fingerprint density at radius 1 is 0.900 bits per heavy atom. The molecule has 0 radical (unpaired) electrons. The number of hydrogen-bond donors (Lipinski definition) is 1. The largest absolute Gasteiger partial charge is 0.490 e. The lowest BCUT2D eigenvalue weighted by atomic mass is 10.2. The summed E-state index contributed by atoms with van der Waals surface area (Å²) in [6.45, 7) is 9.66. The van der Waals surface area contributed by atoms with Crippen molar-refractivity contribution in [1.29, 1.82) is 0 Å². The number of amides is 1. The molecule has 0 saturated carbocycles. The van der Waals surface area contributed by atoms with Gasteiger partial charge in [0.1, 0.15) is 0 Å². The molecule has 0 aromatic heterocycles. The molecule has 0 spiro atoms. The van der Waals surface area contributed by atoms with Crippen molar-refractivity contribution < 1.29 is 23.7 Å². The van der Waals surface area contributed by atoms with Crippen molar-refractivity contribution in [3.63, 3.8) is 0 Å². The van der Waals surface area contributed by atoms with Gasteiger partial charge in [0.25, 0.3) is 5.91 Å². The van der Waals surface area contributed by atoms with Gasteiger partial charge in [-0.25, -0.2) is 5.43 Å². The van der Waals surface area contributed by atoms with Gasteiger partial charge in [-0.2, -0.15) is 5.10 Å². The van der Waals surface area contributed by atoms with Crippen LogP contribution in [0.4, 0.5) is 0 Å². The molecule has 30 heavy (non-hydrogen) atoms. The summed E-state index contributed by atoms with van der Waals surface area (Å²) >= 11 is 2.19. The molecule has 7 nitrogen and oxygen atoms in total. The van der Waals surface area contributed by atoms with E-state index in [1.165, 1.54) is 0 Å². The van der Waals surface area contributed by atoms with Crippen LogP contribution in [0, 0.1) is 3.57 Å². The standard InChI is InChI=1S/C22H27IN2O5/c1-5-27-18-10-9-16(13-19(18)28-6-2)22(26)25-24-14-15-11-17(23)21(30-8-4)20(12-15)29-7-3/h9-14H,5-8H2,1-4H3,(H,25,26)/b24-14+. The minimum absolute atomic E-state index is 0.346. The minimum atomic E-state index is -0.346. The zero-order chi connectivity index (χ0) is 21.9. The van der Waals surface area contributed by atoms with Crippen LogP contribution in [0.2, 0.25) is 0 Å². The van der Waals surface area contributed by atoms with Crippen molar-refractivity contribution in [2.24, 2.45) is 5.10 Å². The molecule has 0 atom stereocenters. The van der Waals surface area contributed by atoms with E-state index in [9.17, 15) is 4.79 Å². The van der Waals surface area contributed by atoms with Gasteiger partial charge in [0.15, 0.2) is 23.0 Å². The summed E-state index contributed by atoms with van der Waals surface area (Å²) in [6, 6.07) is 8.78. The van der Waals surface area contributed by atoms with Crippen LogP contribution in [0.3, 0.4) is 0 Å². The van der Waals surface area contributed by atoms with Crippen LogP contribution in [0.15, 0.2) is 35.4 Å². The number of rotatable bonds is 11. The van der Waals surface area contributed by atoms with Gasteiger partial charge in [-0.05, 0) is 86.2 Å². The first-order valence-electron chi connectivity index (χ1n) is 9.86. The van der Waals surface area contributed by atoms with Crippen molar-refractivity contribution in [2.75, 3.05) is 26.4 Å². The molecular weight excluding hydrogens is 499 g/mol. The van der Waals surface area contributed by atoms with Crippen molar-refractivity contribution in [2.45, 2.75) is 27.7 Å². The van der Waals surface area contributed by atoms with E-state index < -0.39 is 0 Å². The van der Waals surface area contributed by atoms with E-state index in [2.05, 4.69) is 33.1 Å². The van der Waals surface area contributed by atoms with Gasteiger partial charge in [-0.1, -0.05) is 0 Å². The highest BCUT2D eigenvalue weighted by atomic mass is 127. The Balaban J connectivity index is 2.14. The smallest absolute Gasteiger partial charge is 0.271 e. The lowest BCUT2D eigenvalue weighted by molar-refractivity contribution is 0.0954. The molecule has 2 aromatic rings. The van der Waals surface area contributed by atoms with Crippen LogP contribution < -0.4 is 24.4 Å². The number of halogens is 1. The van der Waals surface area contributed by atoms with Crippen LogP contribution >= 0.6 is 22.6 Å². The van der Waals surface area contributed by atoms with Crippen LogP contribution in [-0.2, 0) is 0 Å². The molecule has 0 aliphatic carbocycles. The number of hydrazone groups is 1. The molecule has 0 heterocycles. The Morgan fingerprint density at radius 2 is 1.53 bits per heavy atom. The number of carbonyl (C=O) groups is 1. The Bertz CT molecular complexity index is 886. The van der Waals surface area contributed by atoms with Crippen molar-refractivity contribution in [3.05, 3.63) is 45.0 Å². The van der Waals surface area contributed by atoms with Gasteiger partial charge < -0.3 is 18.9 Å². The van der Waals surface area contributed by atoms with Gasteiger partial charge in [0.2, 0.25) is 0 Å². The van der Waals surface area contributed by atoms with E-state index in [0.717, 1.165) is 9.13 Å². The molecule has 0 aliphatic rings. The third kappa shape index (κ3) is 6.51. The van der Waals surface area contributed by atoms with E-state index in [-0.39, 0.29) is 5.91 Å². The number of nitrogens with one attached hydrogen (secondary N) is 1. The molecule has 2 aromatic carbocycles. The van der Waals surface area contributed by atoms with Crippen LogP contribution in [0.25, 0.3) is 0 Å². The molecular formula is C22H27IN2O5. The monoisotopic (exact) mass is 526 g/mol. The topological polar surface area (TPSA) is 78.4 Å². The van der Waals surface area contributed by atoms with Crippen molar-refractivity contribution >= 4 is 34.7 Å². The van der Waals surface area contributed by atoms with E-state index in [4.69, 9.17) is 18.9 Å². The number of ether oxygens (including phenoxy) is 4. The number of carbonyl (C=O) groups excluding carboxylic acids is 1. The Labute approximate surface area is 190 Å². The van der Waals surface area contributed by atoms with E-state index in [1.807, 2.05) is 39.8 Å². The van der Waals surface area contributed by atoms with Gasteiger partial charge in [-0.15, -0.1) is 0 Å². The molecule has 0 saturated heterocycles. The number of benzene rings is 2. The minimum Gasteiger partial charge on any atom is -0.490 e. The summed E-state index contributed by atoms with van der Waals surface area (Å²) in [7, 11) is 0. The average Bonchev–Trinajstić information content (AvgIpc) is 2.72. The van der Waals surface area contributed by atoms with Crippen molar-refractivity contribution in [1.82, 2.24) is 5.43 Å². The molecule has 162 valence electrons. The second kappa shape index (κ2) is 12.3. The van der Waals surface area contributed by atoms with Crippen LogP contribution in [-0.4, -0.2) is 38.5 Å². The summed E-state index contributed by atoms with van der Waals surface area (Å²) in [6.07, 6.45) is 1.57. The Kier molecular flexibility index (Phi) is 9.72. The predicted molar refractivity (Wildman–Crippen MR) is 125 cm³/mol. The summed E-state index contributed by atoms with van der Waals surface area (Å²) in [5, 5.41) is 4.07. The SMILES string of the molecule is CCOc1ccc(C(=O)N/N=C/c2cc(I)c(OCC)c(OCC)c2)cc1OCC. The van der Waals surface area contributed by atoms with Crippen LogP contribution in [0.1, 0.15) is 43.6 Å². The van der Waals surface area contributed by atoms with Crippen LogP contribution in [0.5, 0.6) is 23.0 Å². The first-order valence-corrected chi connectivity index (χ1v) is 10.9. The van der Waals surface area contributed by atoms with Crippen molar-refractivity contribution in [3.8, 4) is 23.0 Å². The maximum Gasteiger partial charge on any atom is 0.271 e. The maximum absolute atomic E-state index is 12.5. The fraction of sp³-hybridized carbons (Fsp3) is 0.364. The maximum atomic E-state index is 12.5. The third-order valence-corrected chi connectivity index (χ3v) is 4.61. The highest BCUT2D eigenvalue weighted by molar-refractivity contribution is 14.1. The fourth-order valence-corrected chi connectivity index (χ4v) is 3.41. The van der Waals surface area contributed by atoms with Gasteiger partial charge in [0, 0.05) is 5.56 Å². The fourth-order valence-electron chi connectivity index (χ4n) is 2.63. The predicted octanol–water partition coefficient (Wildman–Crippen LogP) is 4.65. The molecule has 0 unspecified atom stereocenters. The summed E-state index contributed by atoms with van der Waals surface area (Å²) < 4.78 is 23.3. The average molecular weight is 526 g/mol. The van der Waals surface area contributed by atoms with Gasteiger partial charge in [-0.3, -0.25) is 4.79 Å². The zero-order valence-corrected chi connectivity index (χ0v) is 19.8. The summed E-state index contributed by atoms with van der Waals surface area (Å²) in [5.41, 5.74) is 3.75. The van der Waals surface area contributed by atoms with E-state index >= 15 is 0 Å². The normalized spacial score (nSPS) is 10.7. The lowest BCUT2D eigenvalue weighted by Gasteiger charge is -2.13. The molecule has 0 bridgehead atoms. The van der Waals surface area contributed by atoms with E-state index in [0.29, 0.717) is 55.0 Å². The molecule has 2 rings (SSSR count). The number of hydrogen-bond acceptors (Lipinski definition) is 6. The third-order valence-electron chi connectivity index (χ3n) is 3.81. The first kappa shape index (κ1) is 23.8. The molecule has 0 aliphatic heterocycles. The Morgan fingerprint density at radius 3 is 2.20 bits per heavy atom. The first-order chi connectivity index (χ1) is 14.5. The zero-order valence-electron chi connectivity index (χ0n) is 17.7. The quantitative estimate of drug-likeness (QED) is 0.262. The summed E-state index contributed by atoms with van der Waals surface area (Å²) in [4.78, 5) is 12.5. The lowest BCUT2D eigenvalue weighted by Crippen LogP contribution is -2.17. The number of nitrogens with zero attached hydrogens (tertiary/aromatic N) is 1. The molecule has 1 amide bonds. The molecule has 0 fully saturated rings. The van der Waals surface area contributed by atoms with E-state index in [1.54, 1.807) is 24.4 Å². The van der Waals surface area contributed by atoms with Gasteiger partial charge >= 0.3 is 0 Å². The summed E-state index contributed by atoms with van der Waals surface area (Å²) in [5.74, 6) is 2.14. The van der Waals surface area contributed by atoms with Gasteiger partial charge in [0.05, 0.1) is 36.2 Å².